The van der Waals surface area contributed by atoms with Crippen molar-refractivity contribution in [2.45, 2.75) is 50.4 Å². The Balaban J connectivity index is 2.06. The average molecular weight is 373 g/mol. The summed E-state index contributed by atoms with van der Waals surface area (Å²) in [6.07, 6.45) is 3.61. The molecule has 1 atom stereocenters. The Hall–Kier alpha value is -1.21. The molecule has 1 aliphatic heterocycles. The van der Waals surface area contributed by atoms with Crippen LogP contribution in [-0.2, 0) is 4.74 Å². The number of hydrogen-bond donors (Lipinski definition) is 0. The molecule has 2 heterocycles. The molecule has 1 saturated heterocycles. The summed E-state index contributed by atoms with van der Waals surface area (Å²) in [7, 11) is 1.95. The number of carbonyl (C=O) groups is 1. The van der Waals surface area contributed by atoms with Crippen molar-refractivity contribution in [3.05, 3.63) is 11.2 Å². The van der Waals surface area contributed by atoms with Gasteiger partial charge in [-0.15, -0.1) is 0 Å². The summed E-state index contributed by atoms with van der Waals surface area (Å²) in [6.45, 7) is 7.06. The maximum atomic E-state index is 12.4. The molecule has 1 aliphatic rings. The lowest BCUT2D eigenvalue weighted by atomic mass is 10.2. The molecule has 0 radical (unpaired) electrons. The van der Waals surface area contributed by atoms with E-state index in [0.29, 0.717) is 16.9 Å². The van der Waals surface area contributed by atoms with Gasteiger partial charge < -0.3 is 14.5 Å². The van der Waals surface area contributed by atoms with Crippen LogP contribution in [0.2, 0.25) is 5.15 Å². The molecular formula is C16H25ClN4O2S. The molecule has 6 nitrogen and oxygen atoms in total. The van der Waals surface area contributed by atoms with E-state index in [-0.39, 0.29) is 12.1 Å². The number of likely N-dealkylation sites (tertiary alicyclic amines) is 1. The van der Waals surface area contributed by atoms with Gasteiger partial charge >= 0.3 is 6.09 Å². The zero-order valence-corrected chi connectivity index (χ0v) is 16.4. The zero-order valence-electron chi connectivity index (χ0n) is 14.9. The van der Waals surface area contributed by atoms with Crippen LogP contribution < -0.4 is 4.90 Å². The van der Waals surface area contributed by atoms with Gasteiger partial charge in [-0.05, 0) is 39.9 Å². The summed E-state index contributed by atoms with van der Waals surface area (Å²) in [4.78, 5) is 24.9. The number of anilines is 1. The van der Waals surface area contributed by atoms with E-state index in [1.807, 2.05) is 43.9 Å². The quantitative estimate of drug-likeness (QED) is 0.456. The summed E-state index contributed by atoms with van der Waals surface area (Å²) in [6, 6.07) is 1.85. The molecule has 8 heteroatoms. The number of halogens is 1. The molecule has 1 amide bonds. The fourth-order valence-electron chi connectivity index (χ4n) is 2.67. The van der Waals surface area contributed by atoms with Crippen LogP contribution in [-0.4, -0.2) is 59.0 Å². The van der Waals surface area contributed by atoms with Gasteiger partial charge in [-0.2, -0.15) is 0 Å². The van der Waals surface area contributed by atoms with Crippen molar-refractivity contribution in [2.24, 2.45) is 0 Å². The Morgan fingerprint density at radius 2 is 2.21 bits per heavy atom. The first-order valence-corrected chi connectivity index (χ1v) is 9.59. The van der Waals surface area contributed by atoms with Crippen LogP contribution in [0.4, 0.5) is 10.6 Å². The summed E-state index contributed by atoms with van der Waals surface area (Å²) in [5.74, 6) is 0.760. The monoisotopic (exact) mass is 372 g/mol. The predicted molar refractivity (Wildman–Crippen MR) is 98.1 cm³/mol. The van der Waals surface area contributed by atoms with Crippen LogP contribution in [0.15, 0.2) is 11.2 Å². The predicted octanol–water partition coefficient (Wildman–Crippen LogP) is 3.69. The number of thioether (sulfide) groups is 1. The molecular weight excluding hydrogens is 348 g/mol. The molecule has 0 unspecified atom stereocenters. The van der Waals surface area contributed by atoms with Crippen molar-refractivity contribution in [2.75, 3.05) is 31.3 Å². The molecule has 0 aliphatic carbocycles. The van der Waals surface area contributed by atoms with Gasteiger partial charge in [0.05, 0.1) is 6.04 Å². The number of rotatable bonds is 4. The Morgan fingerprint density at radius 3 is 2.83 bits per heavy atom. The lowest BCUT2D eigenvalue weighted by molar-refractivity contribution is 0.0232. The molecule has 0 spiro atoms. The third-order valence-corrected chi connectivity index (χ3v) is 4.47. The van der Waals surface area contributed by atoms with Crippen molar-refractivity contribution in [3.8, 4) is 0 Å². The first-order valence-electron chi connectivity index (χ1n) is 7.99. The third-order valence-electron chi connectivity index (χ3n) is 3.72. The molecule has 2 rings (SSSR count). The first-order chi connectivity index (χ1) is 11.2. The van der Waals surface area contributed by atoms with Crippen LogP contribution in [0, 0.1) is 0 Å². The fraction of sp³-hybridized carbons (Fsp3) is 0.688. The van der Waals surface area contributed by atoms with E-state index in [0.717, 1.165) is 25.2 Å². The van der Waals surface area contributed by atoms with Gasteiger partial charge in [-0.25, -0.2) is 14.8 Å². The minimum atomic E-state index is -0.483. The summed E-state index contributed by atoms with van der Waals surface area (Å²) >= 11 is 7.52. The smallest absolute Gasteiger partial charge is 0.410 e. The van der Waals surface area contributed by atoms with Crippen LogP contribution in [0.1, 0.15) is 33.6 Å². The van der Waals surface area contributed by atoms with Gasteiger partial charge in [0.25, 0.3) is 0 Å². The second-order valence-corrected chi connectivity index (χ2v) is 8.05. The Morgan fingerprint density at radius 1 is 1.50 bits per heavy atom. The van der Waals surface area contributed by atoms with Crippen molar-refractivity contribution < 1.29 is 9.53 Å². The molecule has 0 saturated carbocycles. The van der Waals surface area contributed by atoms with Crippen LogP contribution >= 0.6 is 23.4 Å². The van der Waals surface area contributed by atoms with E-state index in [2.05, 4.69) is 9.97 Å². The number of amides is 1. The second-order valence-electron chi connectivity index (χ2n) is 6.89. The summed E-state index contributed by atoms with van der Waals surface area (Å²) < 4.78 is 5.51. The average Bonchev–Trinajstić information content (AvgIpc) is 2.93. The number of nitrogens with zero attached hydrogens (tertiary/aromatic N) is 4. The summed E-state index contributed by atoms with van der Waals surface area (Å²) in [5, 5.41) is 1.06. The van der Waals surface area contributed by atoms with E-state index in [4.69, 9.17) is 16.3 Å². The second kappa shape index (κ2) is 7.78. The molecule has 24 heavy (non-hydrogen) atoms. The number of carbonyl (C=O) groups excluding carboxylic acids is 1. The number of ether oxygens (including phenoxy) is 1. The van der Waals surface area contributed by atoms with Crippen molar-refractivity contribution in [3.63, 3.8) is 0 Å². The first kappa shape index (κ1) is 19.1. The van der Waals surface area contributed by atoms with Crippen LogP contribution in [0.5, 0.6) is 0 Å². The van der Waals surface area contributed by atoms with Gasteiger partial charge in [0, 0.05) is 26.2 Å². The Kier molecular flexibility index (Phi) is 6.20. The lowest BCUT2D eigenvalue weighted by Crippen LogP contribution is -2.44. The molecule has 0 bridgehead atoms. The van der Waals surface area contributed by atoms with Crippen molar-refractivity contribution >= 4 is 35.3 Å². The maximum absolute atomic E-state index is 12.4. The highest BCUT2D eigenvalue weighted by Crippen LogP contribution is 2.24. The highest BCUT2D eigenvalue weighted by atomic mass is 35.5. The normalized spacial score (nSPS) is 17.9. The molecule has 1 aromatic heterocycles. The molecule has 1 aromatic rings. The molecule has 1 fully saturated rings. The van der Waals surface area contributed by atoms with Gasteiger partial charge in [-0.3, -0.25) is 0 Å². The van der Waals surface area contributed by atoms with E-state index >= 15 is 0 Å². The minimum Gasteiger partial charge on any atom is -0.444 e. The van der Waals surface area contributed by atoms with E-state index in [1.54, 1.807) is 6.07 Å². The SMILES string of the molecule is CSc1nc(Cl)cc(N(C)C[C@H]2CCCN2C(=O)OC(C)(C)C)n1. The molecule has 0 N–H and O–H groups in total. The van der Waals surface area contributed by atoms with E-state index < -0.39 is 5.60 Å². The topological polar surface area (TPSA) is 58.6 Å². The standard InChI is InChI=1S/C16H25ClN4O2S/c1-16(2,3)23-15(22)21-8-6-7-11(21)10-20(4)13-9-12(17)18-14(19-13)24-5/h9,11H,6-8,10H2,1-5H3/t11-/m1/s1. The number of aromatic nitrogens is 2. The Bertz CT molecular complexity index is 594. The van der Waals surface area contributed by atoms with Crippen LogP contribution in [0.25, 0.3) is 0 Å². The van der Waals surface area contributed by atoms with Crippen molar-refractivity contribution in [1.29, 1.82) is 0 Å². The van der Waals surface area contributed by atoms with Gasteiger partial charge in [-0.1, -0.05) is 23.4 Å². The highest BCUT2D eigenvalue weighted by molar-refractivity contribution is 7.98. The summed E-state index contributed by atoms with van der Waals surface area (Å²) in [5.41, 5.74) is -0.483. The van der Waals surface area contributed by atoms with E-state index in [9.17, 15) is 4.79 Å². The minimum absolute atomic E-state index is 0.108. The highest BCUT2D eigenvalue weighted by Gasteiger charge is 2.33. The molecule has 0 aromatic carbocycles. The van der Waals surface area contributed by atoms with Crippen molar-refractivity contribution in [1.82, 2.24) is 14.9 Å². The van der Waals surface area contributed by atoms with E-state index in [1.165, 1.54) is 11.8 Å². The fourth-order valence-corrected chi connectivity index (χ4v) is 3.27. The molecule has 134 valence electrons. The van der Waals surface area contributed by atoms with Gasteiger partial charge in [0.1, 0.15) is 16.6 Å². The number of hydrogen-bond acceptors (Lipinski definition) is 6. The lowest BCUT2D eigenvalue weighted by Gasteiger charge is -2.31. The Labute approximate surface area is 152 Å². The van der Waals surface area contributed by atoms with Gasteiger partial charge in [0.15, 0.2) is 5.16 Å². The maximum Gasteiger partial charge on any atom is 0.410 e. The third kappa shape index (κ3) is 5.14. The van der Waals surface area contributed by atoms with Crippen LogP contribution in [0.3, 0.4) is 0 Å². The zero-order chi connectivity index (χ0) is 17.9. The van der Waals surface area contributed by atoms with Gasteiger partial charge in [0.2, 0.25) is 0 Å². The number of likely N-dealkylation sites (N-methyl/N-ethyl adjacent to an activating group) is 1. The largest absolute Gasteiger partial charge is 0.444 e.